The first-order valence-electron chi connectivity index (χ1n) is 8.28. The molecule has 0 aliphatic carbocycles. The van der Waals surface area contributed by atoms with Gasteiger partial charge in [0.2, 0.25) is 0 Å². The number of nitrogens with one attached hydrogen (secondary N) is 2. The van der Waals surface area contributed by atoms with E-state index in [4.69, 9.17) is 0 Å². The van der Waals surface area contributed by atoms with E-state index in [1.54, 1.807) is 6.21 Å². The van der Waals surface area contributed by atoms with Crippen LogP contribution in [0.1, 0.15) is 19.4 Å². The average Bonchev–Trinajstić information content (AvgIpc) is 2.63. The summed E-state index contributed by atoms with van der Waals surface area (Å²) >= 11 is 3.37. The van der Waals surface area contributed by atoms with Crippen molar-refractivity contribution < 1.29 is 4.79 Å². The van der Waals surface area contributed by atoms with Gasteiger partial charge in [-0.2, -0.15) is 5.10 Å². The smallest absolute Gasteiger partial charge is 0.259 e. The van der Waals surface area contributed by atoms with E-state index >= 15 is 0 Å². The first kappa shape index (κ1) is 19.0. The van der Waals surface area contributed by atoms with Gasteiger partial charge in [0.05, 0.1) is 12.8 Å². The number of nitrogens with zero attached hydrogens (tertiary/aromatic N) is 2. The molecule has 0 unspecified atom stereocenters. The number of carbonyl (C=O) groups excluding carboxylic acids is 1. The summed E-state index contributed by atoms with van der Waals surface area (Å²) in [4.78, 5) is 14.1. The molecule has 25 heavy (non-hydrogen) atoms. The van der Waals surface area contributed by atoms with Crippen LogP contribution in [0.5, 0.6) is 0 Å². The number of hydrogen-bond acceptors (Lipinski definition) is 4. The number of benzene rings is 2. The molecule has 0 bridgehead atoms. The third-order valence-electron chi connectivity index (χ3n) is 3.72. The zero-order valence-corrected chi connectivity index (χ0v) is 16.1. The SMILES string of the molecule is CCN(CC)c1ccc(/C=N/NC(=O)CNc2ccc(Br)cc2)cc1. The average molecular weight is 403 g/mol. The van der Waals surface area contributed by atoms with E-state index < -0.39 is 0 Å². The van der Waals surface area contributed by atoms with Crippen LogP contribution in [-0.4, -0.2) is 31.8 Å². The van der Waals surface area contributed by atoms with Gasteiger partial charge in [0.25, 0.3) is 5.91 Å². The quantitative estimate of drug-likeness (QED) is 0.520. The van der Waals surface area contributed by atoms with Crippen molar-refractivity contribution in [2.75, 3.05) is 29.9 Å². The highest BCUT2D eigenvalue weighted by atomic mass is 79.9. The zero-order valence-electron chi connectivity index (χ0n) is 14.5. The fraction of sp³-hybridized carbons (Fsp3) is 0.263. The normalized spacial score (nSPS) is 10.7. The molecule has 132 valence electrons. The van der Waals surface area contributed by atoms with E-state index in [0.29, 0.717) is 0 Å². The highest BCUT2D eigenvalue weighted by molar-refractivity contribution is 9.10. The Morgan fingerprint density at radius 1 is 1.08 bits per heavy atom. The van der Waals surface area contributed by atoms with Gasteiger partial charge in [0, 0.05) is 28.9 Å². The minimum atomic E-state index is -0.195. The predicted octanol–water partition coefficient (Wildman–Crippen LogP) is 3.86. The van der Waals surface area contributed by atoms with Crippen LogP contribution in [0, 0.1) is 0 Å². The van der Waals surface area contributed by atoms with Crippen molar-refractivity contribution in [2.24, 2.45) is 5.10 Å². The lowest BCUT2D eigenvalue weighted by atomic mass is 10.2. The second kappa shape index (κ2) is 9.84. The summed E-state index contributed by atoms with van der Waals surface area (Å²) in [5.74, 6) is -0.195. The topological polar surface area (TPSA) is 56.7 Å². The third kappa shape index (κ3) is 6.23. The molecule has 0 heterocycles. The summed E-state index contributed by atoms with van der Waals surface area (Å²) in [7, 11) is 0. The van der Waals surface area contributed by atoms with Crippen LogP contribution in [0.25, 0.3) is 0 Å². The Kier molecular flexibility index (Phi) is 7.47. The van der Waals surface area contributed by atoms with Crippen LogP contribution >= 0.6 is 15.9 Å². The van der Waals surface area contributed by atoms with E-state index in [1.165, 1.54) is 5.69 Å². The second-order valence-electron chi connectivity index (χ2n) is 5.42. The molecule has 0 aliphatic rings. The van der Waals surface area contributed by atoms with E-state index in [2.05, 4.69) is 62.7 Å². The summed E-state index contributed by atoms with van der Waals surface area (Å²) in [5.41, 5.74) is 5.53. The van der Waals surface area contributed by atoms with Crippen LogP contribution in [0.4, 0.5) is 11.4 Å². The van der Waals surface area contributed by atoms with Crippen LogP contribution in [0.15, 0.2) is 58.1 Å². The molecule has 0 radical (unpaired) electrons. The Labute approximate surface area is 157 Å². The van der Waals surface area contributed by atoms with Gasteiger partial charge in [-0.25, -0.2) is 5.43 Å². The monoisotopic (exact) mass is 402 g/mol. The number of halogens is 1. The van der Waals surface area contributed by atoms with E-state index in [1.807, 2.05) is 36.4 Å². The summed E-state index contributed by atoms with van der Waals surface area (Å²) in [6.45, 7) is 6.39. The number of hydrazone groups is 1. The van der Waals surface area contributed by atoms with Crippen molar-refractivity contribution in [3.05, 3.63) is 58.6 Å². The molecule has 0 fully saturated rings. The Morgan fingerprint density at radius 3 is 2.32 bits per heavy atom. The van der Waals surface area contributed by atoms with Gasteiger partial charge in [0.15, 0.2) is 0 Å². The van der Waals surface area contributed by atoms with Crippen molar-refractivity contribution in [2.45, 2.75) is 13.8 Å². The van der Waals surface area contributed by atoms with Crippen molar-refractivity contribution in [3.8, 4) is 0 Å². The maximum atomic E-state index is 11.8. The van der Waals surface area contributed by atoms with Gasteiger partial charge in [-0.15, -0.1) is 0 Å². The summed E-state index contributed by atoms with van der Waals surface area (Å²) in [6, 6.07) is 15.7. The molecule has 0 saturated carbocycles. The molecule has 0 saturated heterocycles. The second-order valence-corrected chi connectivity index (χ2v) is 6.33. The highest BCUT2D eigenvalue weighted by Gasteiger charge is 2.01. The van der Waals surface area contributed by atoms with Gasteiger partial charge in [0.1, 0.15) is 0 Å². The molecule has 0 spiro atoms. The Balaban J connectivity index is 1.79. The molecular formula is C19H23BrN4O. The van der Waals surface area contributed by atoms with Crippen LogP contribution in [0.2, 0.25) is 0 Å². The molecule has 2 rings (SSSR count). The third-order valence-corrected chi connectivity index (χ3v) is 4.25. The van der Waals surface area contributed by atoms with Crippen LogP contribution in [-0.2, 0) is 4.79 Å². The van der Waals surface area contributed by atoms with Gasteiger partial charge < -0.3 is 10.2 Å². The zero-order chi connectivity index (χ0) is 18.1. The fourth-order valence-electron chi connectivity index (χ4n) is 2.33. The maximum absolute atomic E-state index is 11.8. The maximum Gasteiger partial charge on any atom is 0.259 e. The van der Waals surface area contributed by atoms with E-state index in [0.717, 1.165) is 28.8 Å². The first-order chi connectivity index (χ1) is 12.1. The minimum absolute atomic E-state index is 0.167. The molecule has 1 amide bonds. The Morgan fingerprint density at radius 2 is 1.72 bits per heavy atom. The largest absolute Gasteiger partial charge is 0.376 e. The Hall–Kier alpha value is -2.34. The molecule has 2 N–H and O–H groups in total. The lowest BCUT2D eigenvalue weighted by Gasteiger charge is -2.20. The van der Waals surface area contributed by atoms with Crippen LogP contribution < -0.4 is 15.6 Å². The molecule has 0 aliphatic heterocycles. The van der Waals surface area contributed by atoms with E-state index in [-0.39, 0.29) is 12.5 Å². The molecule has 0 atom stereocenters. The van der Waals surface area contributed by atoms with Crippen molar-refractivity contribution in [1.82, 2.24) is 5.43 Å². The lowest BCUT2D eigenvalue weighted by Crippen LogP contribution is -2.25. The molecule has 0 aromatic heterocycles. The standard InChI is InChI=1S/C19H23BrN4O/c1-3-24(4-2)18-11-5-15(6-12-18)13-22-23-19(25)14-21-17-9-7-16(20)8-10-17/h5-13,21H,3-4,14H2,1-2H3,(H,23,25)/b22-13+. The summed E-state index contributed by atoms with van der Waals surface area (Å²) < 4.78 is 0.999. The van der Waals surface area contributed by atoms with Crippen LogP contribution in [0.3, 0.4) is 0 Å². The summed E-state index contributed by atoms with van der Waals surface area (Å²) in [6.07, 6.45) is 1.64. The van der Waals surface area contributed by atoms with Crippen molar-refractivity contribution in [1.29, 1.82) is 0 Å². The van der Waals surface area contributed by atoms with Crippen molar-refractivity contribution >= 4 is 39.4 Å². The fourth-order valence-corrected chi connectivity index (χ4v) is 2.59. The predicted molar refractivity (Wildman–Crippen MR) is 108 cm³/mol. The molecule has 2 aromatic rings. The Bertz CT molecular complexity index is 694. The van der Waals surface area contributed by atoms with Gasteiger partial charge in [-0.1, -0.05) is 28.1 Å². The molecule has 5 nitrogen and oxygen atoms in total. The number of anilines is 2. The molecule has 2 aromatic carbocycles. The van der Waals surface area contributed by atoms with Gasteiger partial charge >= 0.3 is 0 Å². The summed E-state index contributed by atoms with van der Waals surface area (Å²) in [5, 5.41) is 7.04. The van der Waals surface area contributed by atoms with Crippen molar-refractivity contribution in [3.63, 3.8) is 0 Å². The molecule has 6 heteroatoms. The lowest BCUT2D eigenvalue weighted by molar-refractivity contribution is -0.119. The number of amides is 1. The van der Waals surface area contributed by atoms with Gasteiger partial charge in [-0.3, -0.25) is 4.79 Å². The molecular weight excluding hydrogens is 380 g/mol. The number of carbonyl (C=O) groups is 1. The number of hydrogen-bond donors (Lipinski definition) is 2. The van der Waals surface area contributed by atoms with Gasteiger partial charge in [-0.05, 0) is 55.8 Å². The minimum Gasteiger partial charge on any atom is -0.376 e. The first-order valence-corrected chi connectivity index (χ1v) is 9.08. The highest BCUT2D eigenvalue weighted by Crippen LogP contribution is 2.14. The van der Waals surface area contributed by atoms with E-state index in [9.17, 15) is 4.79 Å². The number of rotatable bonds is 8.